The minimum Gasteiger partial charge on any atom is -0.458 e. The van der Waals surface area contributed by atoms with Crippen LogP contribution in [-0.2, 0) is 14.3 Å². The van der Waals surface area contributed by atoms with Gasteiger partial charge >= 0.3 is 5.97 Å². The summed E-state index contributed by atoms with van der Waals surface area (Å²) in [5.74, 6) is -1.27. The second-order valence-corrected chi connectivity index (χ2v) is 10.8. The zero-order valence-electron chi connectivity index (χ0n) is 22.2. The summed E-state index contributed by atoms with van der Waals surface area (Å²) < 4.78 is 40.6. The van der Waals surface area contributed by atoms with Crippen LogP contribution in [0, 0.1) is 18.6 Å². The van der Waals surface area contributed by atoms with Gasteiger partial charge in [-0.3, -0.25) is 4.98 Å². The third-order valence-electron chi connectivity index (χ3n) is 6.79. The van der Waals surface area contributed by atoms with Crippen molar-refractivity contribution in [3.63, 3.8) is 0 Å². The molecule has 0 saturated carbocycles. The fourth-order valence-electron chi connectivity index (χ4n) is 5.10. The van der Waals surface area contributed by atoms with Gasteiger partial charge in [-0.2, -0.15) is 0 Å². The molecule has 5 rings (SSSR count). The van der Waals surface area contributed by atoms with Crippen molar-refractivity contribution in [3.05, 3.63) is 47.8 Å². The lowest BCUT2D eigenvalue weighted by molar-refractivity contribution is -0.156. The van der Waals surface area contributed by atoms with E-state index in [0.29, 0.717) is 48.9 Å². The van der Waals surface area contributed by atoms with Crippen molar-refractivity contribution in [1.82, 2.24) is 9.97 Å². The molecule has 3 aromatic rings. The molecule has 2 fully saturated rings. The summed E-state index contributed by atoms with van der Waals surface area (Å²) in [5, 5.41) is 3.51. The number of rotatable bonds is 5. The standard InChI is InChI=1S/C28H33F2N5O3/c1-17-25(32-19-14-20(16-31-15-19)34-8-10-37-11-9-34)24-21(30)12-18(29)13-22(24)33-26(17)35-7-5-6-23(35)27(36)38-28(2,3)4/h12-16,23H,5-11H2,1-4H3,(H,32,33)/t23-/m1/s1. The van der Waals surface area contributed by atoms with E-state index < -0.39 is 23.3 Å². The smallest absolute Gasteiger partial charge is 0.329 e. The highest BCUT2D eigenvalue weighted by molar-refractivity contribution is 5.98. The van der Waals surface area contributed by atoms with Gasteiger partial charge in [-0.1, -0.05) is 0 Å². The van der Waals surface area contributed by atoms with Crippen LogP contribution in [0.4, 0.5) is 31.7 Å². The number of aromatic nitrogens is 2. The molecule has 1 aromatic carbocycles. The molecule has 0 spiro atoms. The molecule has 8 nitrogen and oxygen atoms in total. The predicted octanol–water partition coefficient (Wildman–Crippen LogP) is 5.11. The number of halogens is 2. The number of hydrogen-bond donors (Lipinski definition) is 1. The number of carbonyl (C=O) groups is 1. The van der Waals surface area contributed by atoms with E-state index in [0.717, 1.165) is 31.3 Å². The highest BCUT2D eigenvalue weighted by Gasteiger charge is 2.36. The number of nitrogens with one attached hydrogen (secondary N) is 1. The first-order valence-corrected chi connectivity index (χ1v) is 12.9. The first kappa shape index (κ1) is 26.1. The van der Waals surface area contributed by atoms with Gasteiger partial charge in [0.05, 0.1) is 53.6 Å². The van der Waals surface area contributed by atoms with E-state index in [-0.39, 0.29) is 16.9 Å². The maximum absolute atomic E-state index is 15.2. The van der Waals surface area contributed by atoms with Crippen LogP contribution in [0.25, 0.3) is 10.9 Å². The number of nitrogens with zero attached hydrogens (tertiary/aromatic N) is 4. The van der Waals surface area contributed by atoms with Gasteiger partial charge in [0.15, 0.2) is 0 Å². The van der Waals surface area contributed by atoms with Crippen LogP contribution in [0.15, 0.2) is 30.6 Å². The van der Waals surface area contributed by atoms with Crippen LogP contribution >= 0.6 is 0 Å². The second kappa shape index (κ2) is 10.3. The van der Waals surface area contributed by atoms with Crippen molar-refractivity contribution >= 4 is 39.8 Å². The van der Waals surface area contributed by atoms with Crippen LogP contribution in [0.5, 0.6) is 0 Å². The lowest BCUT2D eigenvalue weighted by Crippen LogP contribution is -2.41. The van der Waals surface area contributed by atoms with E-state index in [4.69, 9.17) is 9.47 Å². The Balaban J connectivity index is 1.57. The number of ether oxygens (including phenoxy) is 2. The van der Waals surface area contributed by atoms with Gasteiger partial charge in [0.25, 0.3) is 0 Å². The monoisotopic (exact) mass is 525 g/mol. The third-order valence-corrected chi connectivity index (χ3v) is 6.79. The highest BCUT2D eigenvalue weighted by Crippen LogP contribution is 2.39. The summed E-state index contributed by atoms with van der Waals surface area (Å²) in [6.07, 6.45) is 4.83. The topological polar surface area (TPSA) is 79.8 Å². The fraction of sp³-hybridized carbons (Fsp3) is 0.464. The van der Waals surface area contributed by atoms with E-state index in [1.165, 1.54) is 6.07 Å². The maximum Gasteiger partial charge on any atom is 0.329 e. The first-order valence-electron chi connectivity index (χ1n) is 12.9. The Morgan fingerprint density at radius 3 is 2.63 bits per heavy atom. The molecule has 38 heavy (non-hydrogen) atoms. The largest absolute Gasteiger partial charge is 0.458 e. The molecule has 0 bridgehead atoms. The maximum atomic E-state index is 15.2. The van der Waals surface area contributed by atoms with Crippen LogP contribution in [0.1, 0.15) is 39.2 Å². The number of anilines is 4. The van der Waals surface area contributed by atoms with Gasteiger partial charge in [-0.15, -0.1) is 0 Å². The number of benzene rings is 1. The van der Waals surface area contributed by atoms with Crippen molar-refractivity contribution < 1.29 is 23.0 Å². The predicted molar refractivity (Wildman–Crippen MR) is 143 cm³/mol. The van der Waals surface area contributed by atoms with Gasteiger partial charge in [0.2, 0.25) is 0 Å². The summed E-state index contributed by atoms with van der Waals surface area (Å²) >= 11 is 0. The van der Waals surface area contributed by atoms with E-state index in [2.05, 4.69) is 20.2 Å². The average Bonchev–Trinajstić information content (AvgIpc) is 3.35. The molecule has 4 heterocycles. The van der Waals surface area contributed by atoms with E-state index in [9.17, 15) is 9.18 Å². The number of morpholine rings is 1. The lowest BCUT2D eigenvalue weighted by Gasteiger charge is -2.30. The van der Waals surface area contributed by atoms with Crippen LogP contribution in [0.3, 0.4) is 0 Å². The molecule has 0 aliphatic carbocycles. The lowest BCUT2D eigenvalue weighted by atomic mass is 10.1. The SMILES string of the molecule is Cc1c(N2CCC[C@@H]2C(=O)OC(C)(C)C)nc2cc(F)cc(F)c2c1Nc1cncc(N2CCOCC2)c1. The minimum absolute atomic E-state index is 0.165. The normalized spacial score (nSPS) is 18.2. The molecule has 1 N–H and O–H groups in total. The van der Waals surface area contributed by atoms with Crippen molar-refractivity contribution in [2.75, 3.05) is 48.0 Å². The summed E-state index contributed by atoms with van der Waals surface area (Å²) in [6.45, 7) is 10.7. The number of fused-ring (bicyclic) bond motifs is 1. The van der Waals surface area contributed by atoms with E-state index >= 15 is 4.39 Å². The molecule has 2 aliphatic rings. The average molecular weight is 526 g/mol. The summed E-state index contributed by atoms with van der Waals surface area (Å²) in [4.78, 5) is 26.2. The minimum atomic E-state index is -0.718. The number of esters is 1. The Labute approximate surface area is 220 Å². The van der Waals surface area contributed by atoms with Crippen LogP contribution < -0.4 is 15.1 Å². The number of hydrogen-bond acceptors (Lipinski definition) is 8. The van der Waals surface area contributed by atoms with Crippen LogP contribution in [0.2, 0.25) is 0 Å². The molecule has 202 valence electrons. The Morgan fingerprint density at radius 2 is 1.89 bits per heavy atom. The highest BCUT2D eigenvalue weighted by atomic mass is 19.1. The Kier molecular flexibility index (Phi) is 7.09. The first-order chi connectivity index (χ1) is 18.1. The molecular formula is C28H33F2N5O3. The molecular weight excluding hydrogens is 492 g/mol. The van der Waals surface area contributed by atoms with E-state index in [1.807, 2.05) is 38.7 Å². The number of pyridine rings is 2. The van der Waals surface area contributed by atoms with Crippen molar-refractivity contribution in [1.29, 1.82) is 0 Å². The van der Waals surface area contributed by atoms with Crippen molar-refractivity contribution in [2.24, 2.45) is 0 Å². The molecule has 10 heteroatoms. The summed E-state index contributed by atoms with van der Waals surface area (Å²) in [7, 11) is 0. The van der Waals surface area contributed by atoms with Crippen molar-refractivity contribution in [2.45, 2.75) is 52.2 Å². The molecule has 2 aromatic heterocycles. The zero-order valence-corrected chi connectivity index (χ0v) is 22.2. The molecule has 2 saturated heterocycles. The molecule has 2 aliphatic heterocycles. The van der Waals surface area contributed by atoms with Crippen LogP contribution in [-0.4, -0.2) is 60.4 Å². The quantitative estimate of drug-likeness (QED) is 0.461. The number of carbonyl (C=O) groups excluding carboxylic acids is 1. The third kappa shape index (κ3) is 5.36. The molecule has 0 unspecified atom stereocenters. The van der Waals surface area contributed by atoms with Gasteiger partial charge in [0, 0.05) is 37.3 Å². The fourth-order valence-corrected chi connectivity index (χ4v) is 5.10. The van der Waals surface area contributed by atoms with Gasteiger partial charge in [0.1, 0.15) is 29.1 Å². The molecule has 1 atom stereocenters. The molecule has 0 radical (unpaired) electrons. The van der Waals surface area contributed by atoms with Gasteiger partial charge in [-0.25, -0.2) is 18.6 Å². The second-order valence-electron chi connectivity index (χ2n) is 10.8. The zero-order chi connectivity index (χ0) is 27.0. The Morgan fingerprint density at radius 1 is 1.13 bits per heavy atom. The van der Waals surface area contributed by atoms with Gasteiger partial charge < -0.3 is 24.6 Å². The Hall–Kier alpha value is -3.53. The van der Waals surface area contributed by atoms with E-state index in [1.54, 1.807) is 12.4 Å². The van der Waals surface area contributed by atoms with Crippen molar-refractivity contribution in [3.8, 4) is 0 Å². The Bertz CT molecular complexity index is 1350. The van der Waals surface area contributed by atoms with Gasteiger partial charge in [-0.05, 0) is 46.6 Å². The summed E-state index contributed by atoms with van der Waals surface area (Å²) in [5.41, 5.74) is 2.22. The summed E-state index contributed by atoms with van der Waals surface area (Å²) in [6, 6.07) is 3.49. The molecule has 0 amide bonds.